The van der Waals surface area contributed by atoms with E-state index in [-0.39, 0.29) is 11.4 Å². The number of rotatable bonds is 3. The zero-order valence-corrected chi connectivity index (χ0v) is 11.7. The molecule has 0 aromatic heterocycles. The Morgan fingerprint density at radius 1 is 1.17 bits per heavy atom. The van der Waals surface area contributed by atoms with E-state index in [2.05, 4.69) is 5.32 Å². The fourth-order valence-corrected chi connectivity index (χ4v) is 2.89. The van der Waals surface area contributed by atoms with Gasteiger partial charge in [0.2, 0.25) is 0 Å². The number of benzene rings is 1. The number of carbonyl (C=O) groups excluding carboxylic acids is 1. The lowest BCUT2D eigenvalue weighted by atomic mass is 9.83. The molecule has 1 aromatic rings. The Hall–Kier alpha value is -0.730. The summed E-state index contributed by atoms with van der Waals surface area (Å²) in [5.41, 5.74) is 0.408. The minimum absolute atomic E-state index is 0.0609. The highest BCUT2D eigenvalue weighted by Gasteiger charge is 2.32. The van der Waals surface area contributed by atoms with Crippen LogP contribution < -0.4 is 5.32 Å². The summed E-state index contributed by atoms with van der Waals surface area (Å²) in [6.07, 6.45) is 5.43. The van der Waals surface area contributed by atoms with Crippen molar-refractivity contribution in [3.05, 3.63) is 34.9 Å². The van der Waals surface area contributed by atoms with Crippen molar-refractivity contribution in [2.75, 3.05) is 5.88 Å². The molecule has 0 saturated heterocycles. The van der Waals surface area contributed by atoms with E-state index in [9.17, 15) is 4.79 Å². The van der Waals surface area contributed by atoms with Crippen molar-refractivity contribution < 1.29 is 4.79 Å². The van der Waals surface area contributed by atoms with Crippen LogP contribution in [0.4, 0.5) is 0 Å². The number of nitrogens with one attached hydrogen (secondary N) is 1. The Morgan fingerprint density at radius 3 is 2.33 bits per heavy atom. The van der Waals surface area contributed by atoms with Crippen molar-refractivity contribution in [1.29, 1.82) is 0 Å². The molecule has 1 fully saturated rings. The van der Waals surface area contributed by atoms with Crippen molar-refractivity contribution in [2.45, 2.75) is 37.6 Å². The molecule has 1 aromatic carbocycles. The number of halogens is 2. The van der Waals surface area contributed by atoms with Gasteiger partial charge >= 0.3 is 0 Å². The van der Waals surface area contributed by atoms with Gasteiger partial charge in [-0.2, -0.15) is 0 Å². The van der Waals surface area contributed by atoms with Gasteiger partial charge in [-0.05, 0) is 37.1 Å². The summed E-state index contributed by atoms with van der Waals surface area (Å²) in [4.78, 5) is 12.2. The molecule has 18 heavy (non-hydrogen) atoms. The fourth-order valence-electron chi connectivity index (χ4n) is 2.43. The van der Waals surface area contributed by atoms with Crippen LogP contribution >= 0.6 is 23.2 Å². The van der Waals surface area contributed by atoms with E-state index in [0.29, 0.717) is 16.5 Å². The summed E-state index contributed by atoms with van der Waals surface area (Å²) in [5, 5.41) is 3.74. The molecule has 2 rings (SSSR count). The van der Waals surface area contributed by atoms with Crippen LogP contribution in [0, 0.1) is 0 Å². The summed E-state index contributed by atoms with van der Waals surface area (Å²) in [6, 6.07) is 6.93. The smallest absolute Gasteiger partial charge is 0.251 e. The van der Waals surface area contributed by atoms with Gasteiger partial charge in [0.15, 0.2) is 0 Å². The van der Waals surface area contributed by atoms with Gasteiger partial charge in [0.1, 0.15) is 0 Å². The van der Waals surface area contributed by atoms with Crippen molar-refractivity contribution in [1.82, 2.24) is 5.32 Å². The number of hydrogen-bond donors (Lipinski definition) is 1. The zero-order valence-electron chi connectivity index (χ0n) is 10.2. The molecule has 0 aliphatic heterocycles. The molecule has 0 unspecified atom stereocenters. The van der Waals surface area contributed by atoms with E-state index in [1.54, 1.807) is 24.3 Å². The number of alkyl halides is 1. The van der Waals surface area contributed by atoms with E-state index >= 15 is 0 Å². The summed E-state index contributed by atoms with van der Waals surface area (Å²) in [7, 11) is 0. The molecule has 0 spiro atoms. The number of hydrogen-bond acceptors (Lipinski definition) is 1. The topological polar surface area (TPSA) is 29.1 Å². The van der Waals surface area contributed by atoms with Crippen LogP contribution in [-0.4, -0.2) is 17.3 Å². The van der Waals surface area contributed by atoms with Gasteiger partial charge in [0.25, 0.3) is 5.91 Å². The second-order valence-corrected chi connectivity index (χ2v) is 5.64. The molecule has 4 heteroatoms. The van der Waals surface area contributed by atoms with E-state index in [0.717, 1.165) is 25.7 Å². The standard InChI is InChI=1S/C14H17Cl2NO/c15-10-14(8-2-1-3-9-14)17-13(18)11-4-6-12(16)7-5-11/h4-7H,1-3,8-10H2,(H,17,18). The third-order valence-corrected chi connectivity index (χ3v) is 4.32. The first-order chi connectivity index (χ1) is 8.65. The van der Waals surface area contributed by atoms with Gasteiger partial charge < -0.3 is 5.32 Å². The highest BCUT2D eigenvalue weighted by molar-refractivity contribution is 6.30. The lowest BCUT2D eigenvalue weighted by molar-refractivity contribution is 0.0885. The zero-order chi connectivity index (χ0) is 13.0. The monoisotopic (exact) mass is 285 g/mol. The molecule has 1 aliphatic rings. The first-order valence-electron chi connectivity index (χ1n) is 6.29. The van der Waals surface area contributed by atoms with Crippen molar-refractivity contribution in [3.8, 4) is 0 Å². The quantitative estimate of drug-likeness (QED) is 0.836. The second kappa shape index (κ2) is 5.94. The Balaban J connectivity index is 2.07. The van der Waals surface area contributed by atoms with Crippen molar-refractivity contribution in [3.63, 3.8) is 0 Å². The van der Waals surface area contributed by atoms with Gasteiger partial charge in [0.05, 0.1) is 5.54 Å². The van der Waals surface area contributed by atoms with Gasteiger partial charge in [-0.3, -0.25) is 4.79 Å². The molecule has 0 bridgehead atoms. The molecule has 98 valence electrons. The highest BCUT2D eigenvalue weighted by atomic mass is 35.5. The Morgan fingerprint density at radius 2 is 1.78 bits per heavy atom. The average molecular weight is 286 g/mol. The van der Waals surface area contributed by atoms with Crippen LogP contribution in [0.2, 0.25) is 5.02 Å². The summed E-state index contributed by atoms with van der Waals surface area (Å²) >= 11 is 11.9. The predicted octanol–water partition coefficient (Wildman–Crippen LogP) is 4.01. The maximum atomic E-state index is 12.2. The lowest BCUT2D eigenvalue weighted by Crippen LogP contribution is -2.51. The third kappa shape index (κ3) is 3.18. The largest absolute Gasteiger partial charge is 0.345 e. The molecule has 1 aliphatic carbocycles. The molecule has 0 atom stereocenters. The molecular weight excluding hydrogens is 269 g/mol. The van der Waals surface area contributed by atoms with E-state index in [1.165, 1.54) is 6.42 Å². The highest BCUT2D eigenvalue weighted by Crippen LogP contribution is 2.29. The normalized spacial score (nSPS) is 18.3. The van der Waals surface area contributed by atoms with Crippen molar-refractivity contribution >= 4 is 29.1 Å². The van der Waals surface area contributed by atoms with Crippen LogP contribution in [0.1, 0.15) is 42.5 Å². The predicted molar refractivity (Wildman–Crippen MR) is 75.5 cm³/mol. The maximum Gasteiger partial charge on any atom is 0.251 e. The average Bonchev–Trinajstić information content (AvgIpc) is 2.40. The minimum Gasteiger partial charge on any atom is -0.345 e. The first kappa shape index (κ1) is 13.7. The van der Waals surface area contributed by atoms with Crippen molar-refractivity contribution in [2.24, 2.45) is 0 Å². The number of carbonyl (C=O) groups is 1. The van der Waals surface area contributed by atoms with E-state index in [4.69, 9.17) is 23.2 Å². The fraction of sp³-hybridized carbons (Fsp3) is 0.500. The SMILES string of the molecule is O=C(NC1(CCl)CCCCC1)c1ccc(Cl)cc1. The van der Waals surface area contributed by atoms with E-state index in [1.807, 2.05) is 0 Å². The third-order valence-electron chi connectivity index (χ3n) is 3.55. The second-order valence-electron chi connectivity index (χ2n) is 4.94. The van der Waals surface area contributed by atoms with Gasteiger partial charge in [-0.1, -0.05) is 30.9 Å². The Labute approximate surface area is 118 Å². The van der Waals surface area contributed by atoms with Crippen LogP contribution in [-0.2, 0) is 0 Å². The van der Waals surface area contributed by atoms with Gasteiger partial charge in [-0.25, -0.2) is 0 Å². The Bertz CT molecular complexity index is 410. The molecule has 1 saturated carbocycles. The van der Waals surface area contributed by atoms with E-state index < -0.39 is 0 Å². The van der Waals surface area contributed by atoms with Crippen LogP contribution in [0.15, 0.2) is 24.3 Å². The van der Waals surface area contributed by atoms with Gasteiger partial charge in [-0.15, -0.1) is 11.6 Å². The molecular formula is C14H17Cl2NO. The minimum atomic E-state index is -0.226. The molecule has 0 heterocycles. The molecule has 1 N–H and O–H groups in total. The van der Waals surface area contributed by atoms with Gasteiger partial charge in [0, 0.05) is 16.5 Å². The summed E-state index contributed by atoms with van der Waals surface area (Å²) < 4.78 is 0. The van der Waals surface area contributed by atoms with Crippen LogP contribution in [0.3, 0.4) is 0 Å². The maximum absolute atomic E-state index is 12.2. The number of amides is 1. The molecule has 0 radical (unpaired) electrons. The Kier molecular flexibility index (Phi) is 4.52. The van der Waals surface area contributed by atoms with Crippen LogP contribution in [0.25, 0.3) is 0 Å². The molecule has 1 amide bonds. The molecule has 2 nitrogen and oxygen atoms in total. The summed E-state index contributed by atoms with van der Waals surface area (Å²) in [5.74, 6) is 0.418. The lowest BCUT2D eigenvalue weighted by Gasteiger charge is -2.36. The first-order valence-corrected chi connectivity index (χ1v) is 7.20. The summed E-state index contributed by atoms with van der Waals surface area (Å²) in [6.45, 7) is 0. The van der Waals surface area contributed by atoms with Crippen LogP contribution in [0.5, 0.6) is 0 Å².